The van der Waals surface area contributed by atoms with E-state index in [0.29, 0.717) is 19.0 Å². The minimum Gasteiger partial charge on any atom is -0.353 e. The molecule has 1 saturated heterocycles. The number of hydrogen-bond donors (Lipinski definition) is 2. The number of amides is 3. The van der Waals surface area contributed by atoms with Gasteiger partial charge in [0.1, 0.15) is 22.7 Å². The average molecular weight is 412 g/mol. The van der Waals surface area contributed by atoms with Crippen molar-refractivity contribution < 1.29 is 18.4 Å². The lowest BCUT2D eigenvalue weighted by molar-refractivity contribution is -0.127. The zero-order valence-electron chi connectivity index (χ0n) is 15.7. The zero-order valence-corrected chi connectivity index (χ0v) is 16.4. The number of hydrogen-bond acceptors (Lipinski definition) is 2. The summed E-state index contributed by atoms with van der Waals surface area (Å²) in [7, 11) is 0. The molecular weight excluding hydrogens is 388 g/mol. The summed E-state index contributed by atoms with van der Waals surface area (Å²) in [6, 6.07) is 0.878. The van der Waals surface area contributed by atoms with Gasteiger partial charge in [-0.3, -0.25) is 4.79 Å². The fourth-order valence-electron chi connectivity index (χ4n) is 4.44. The molecule has 28 heavy (non-hydrogen) atoms. The maximum Gasteiger partial charge on any atom is 0.318 e. The maximum absolute atomic E-state index is 14.7. The molecule has 1 heterocycles. The van der Waals surface area contributed by atoms with Gasteiger partial charge in [0.25, 0.3) is 0 Å². The van der Waals surface area contributed by atoms with E-state index in [-0.39, 0.29) is 17.4 Å². The van der Waals surface area contributed by atoms with Crippen molar-refractivity contribution in [2.75, 3.05) is 13.1 Å². The van der Waals surface area contributed by atoms with Crippen LogP contribution in [-0.4, -0.2) is 36.0 Å². The molecule has 8 heteroatoms. The molecule has 4 rings (SSSR count). The van der Waals surface area contributed by atoms with Crippen LogP contribution in [0.1, 0.15) is 44.2 Å². The summed E-state index contributed by atoms with van der Waals surface area (Å²) < 4.78 is 28.4. The predicted octanol–water partition coefficient (Wildman–Crippen LogP) is 3.63. The second-order valence-corrected chi connectivity index (χ2v) is 8.56. The smallest absolute Gasteiger partial charge is 0.318 e. The van der Waals surface area contributed by atoms with Crippen molar-refractivity contribution in [3.63, 3.8) is 0 Å². The van der Waals surface area contributed by atoms with Gasteiger partial charge < -0.3 is 15.5 Å². The number of carbonyl (C=O) groups is 2. The number of nitrogens with one attached hydrogen (secondary N) is 2. The standard InChI is InChI=1S/C20H24ClF2N3O2/c1-10-19(27)24-6-7-26(10)20(28)25-18(13-8-12(9-13)11-2-3-11)14-4-5-15(22)16(21)17(14)23/h4-5,10-13,18H,2-3,6-9H2,1H3,(H,24,27)(H,25,28)/t10-,12?,13?,18?/m1/s1. The number of piperazine rings is 1. The molecule has 1 unspecified atom stereocenters. The van der Waals surface area contributed by atoms with Gasteiger partial charge in [0.05, 0.1) is 6.04 Å². The Bertz CT molecular complexity index is 796. The number of halogens is 3. The van der Waals surface area contributed by atoms with Gasteiger partial charge in [-0.15, -0.1) is 0 Å². The fourth-order valence-corrected chi connectivity index (χ4v) is 4.61. The molecule has 3 aliphatic rings. The van der Waals surface area contributed by atoms with Crippen molar-refractivity contribution in [1.29, 1.82) is 0 Å². The Hall–Kier alpha value is -1.89. The summed E-state index contributed by atoms with van der Waals surface area (Å²) in [5.41, 5.74) is 0.202. The largest absolute Gasteiger partial charge is 0.353 e. The van der Waals surface area contributed by atoms with Crippen LogP contribution >= 0.6 is 11.6 Å². The van der Waals surface area contributed by atoms with Crippen LogP contribution in [0.4, 0.5) is 13.6 Å². The highest BCUT2D eigenvalue weighted by atomic mass is 35.5. The van der Waals surface area contributed by atoms with E-state index in [1.54, 1.807) is 6.92 Å². The Morgan fingerprint density at radius 3 is 2.68 bits per heavy atom. The molecule has 152 valence electrons. The molecule has 2 saturated carbocycles. The van der Waals surface area contributed by atoms with E-state index >= 15 is 0 Å². The Balaban J connectivity index is 1.56. The van der Waals surface area contributed by atoms with Crippen LogP contribution < -0.4 is 10.6 Å². The molecule has 2 N–H and O–H groups in total. The van der Waals surface area contributed by atoms with Gasteiger partial charge in [-0.25, -0.2) is 13.6 Å². The van der Waals surface area contributed by atoms with E-state index in [1.807, 2.05) is 0 Å². The first-order chi connectivity index (χ1) is 13.4. The van der Waals surface area contributed by atoms with E-state index in [2.05, 4.69) is 10.6 Å². The lowest BCUT2D eigenvalue weighted by Gasteiger charge is -2.42. The molecule has 0 bridgehead atoms. The third-order valence-electron chi connectivity index (χ3n) is 6.41. The van der Waals surface area contributed by atoms with E-state index in [4.69, 9.17) is 11.6 Å². The van der Waals surface area contributed by atoms with Crippen molar-refractivity contribution in [2.45, 2.75) is 44.7 Å². The van der Waals surface area contributed by atoms with Crippen LogP contribution in [-0.2, 0) is 4.79 Å². The molecule has 5 nitrogen and oxygen atoms in total. The van der Waals surface area contributed by atoms with Gasteiger partial charge >= 0.3 is 6.03 Å². The third kappa shape index (κ3) is 3.56. The number of urea groups is 1. The Labute approximate surface area is 167 Å². The Morgan fingerprint density at radius 1 is 1.29 bits per heavy atom. The van der Waals surface area contributed by atoms with Gasteiger partial charge in [-0.1, -0.05) is 17.7 Å². The SMILES string of the molecule is C[C@@H]1C(=O)NCCN1C(=O)NC(c1ccc(F)c(Cl)c1F)C1CC(C2CC2)C1. The summed E-state index contributed by atoms with van der Waals surface area (Å²) in [5.74, 6) is -0.431. The van der Waals surface area contributed by atoms with Gasteiger partial charge in [0.15, 0.2) is 0 Å². The van der Waals surface area contributed by atoms with E-state index < -0.39 is 34.8 Å². The van der Waals surface area contributed by atoms with Gasteiger partial charge in [0.2, 0.25) is 5.91 Å². The lowest BCUT2D eigenvalue weighted by Crippen LogP contribution is -2.59. The first kappa shape index (κ1) is 19.4. The average Bonchev–Trinajstić information content (AvgIpc) is 3.45. The van der Waals surface area contributed by atoms with Gasteiger partial charge in [0, 0.05) is 18.7 Å². The first-order valence-electron chi connectivity index (χ1n) is 9.85. The lowest BCUT2D eigenvalue weighted by atomic mass is 9.67. The Kier molecular flexibility index (Phi) is 5.21. The van der Waals surface area contributed by atoms with Crippen LogP contribution in [0, 0.1) is 29.4 Å². The molecule has 1 aromatic rings. The molecule has 1 aliphatic heterocycles. The van der Waals surface area contributed by atoms with Crippen molar-refractivity contribution >= 4 is 23.5 Å². The predicted molar refractivity (Wildman–Crippen MR) is 101 cm³/mol. The van der Waals surface area contributed by atoms with Crippen molar-refractivity contribution in [3.8, 4) is 0 Å². The Morgan fingerprint density at radius 2 is 2.00 bits per heavy atom. The topological polar surface area (TPSA) is 61.4 Å². The number of nitrogens with zero attached hydrogens (tertiary/aromatic N) is 1. The van der Waals surface area contributed by atoms with E-state index in [0.717, 1.165) is 24.8 Å². The quantitative estimate of drug-likeness (QED) is 0.743. The first-order valence-corrected chi connectivity index (χ1v) is 10.2. The van der Waals surface area contributed by atoms with E-state index in [9.17, 15) is 18.4 Å². The summed E-state index contributed by atoms with van der Waals surface area (Å²) in [4.78, 5) is 26.2. The van der Waals surface area contributed by atoms with Gasteiger partial charge in [-0.2, -0.15) is 0 Å². The minimum absolute atomic E-state index is 0.0690. The highest BCUT2D eigenvalue weighted by Crippen LogP contribution is 2.53. The molecule has 2 atom stereocenters. The summed E-state index contributed by atoms with van der Waals surface area (Å²) in [6.45, 7) is 2.42. The van der Waals surface area contributed by atoms with Crippen LogP contribution in [0.15, 0.2) is 12.1 Å². The maximum atomic E-state index is 14.7. The van der Waals surface area contributed by atoms with Crippen LogP contribution in [0.3, 0.4) is 0 Å². The zero-order chi connectivity index (χ0) is 20.0. The molecule has 0 spiro atoms. The monoisotopic (exact) mass is 411 g/mol. The molecule has 2 aliphatic carbocycles. The fraction of sp³-hybridized carbons (Fsp3) is 0.600. The second-order valence-electron chi connectivity index (χ2n) is 8.18. The second kappa shape index (κ2) is 7.50. The van der Waals surface area contributed by atoms with Crippen LogP contribution in [0.25, 0.3) is 0 Å². The number of benzene rings is 1. The summed E-state index contributed by atoms with van der Waals surface area (Å²) >= 11 is 5.78. The van der Waals surface area contributed by atoms with Crippen LogP contribution in [0.5, 0.6) is 0 Å². The summed E-state index contributed by atoms with van der Waals surface area (Å²) in [6.07, 6.45) is 4.29. The van der Waals surface area contributed by atoms with Crippen molar-refractivity contribution in [3.05, 3.63) is 34.4 Å². The normalized spacial score (nSPS) is 28.4. The third-order valence-corrected chi connectivity index (χ3v) is 6.76. The summed E-state index contributed by atoms with van der Waals surface area (Å²) in [5, 5.41) is 5.07. The minimum atomic E-state index is -0.828. The van der Waals surface area contributed by atoms with E-state index in [1.165, 1.54) is 23.8 Å². The number of carbonyl (C=O) groups excluding carboxylic acids is 2. The molecule has 0 radical (unpaired) electrons. The molecule has 1 aromatic carbocycles. The van der Waals surface area contributed by atoms with Gasteiger partial charge in [-0.05, 0) is 56.4 Å². The van der Waals surface area contributed by atoms with Crippen molar-refractivity contribution in [1.82, 2.24) is 15.5 Å². The highest BCUT2D eigenvalue weighted by molar-refractivity contribution is 6.31. The van der Waals surface area contributed by atoms with Crippen LogP contribution in [0.2, 0.25) is 5.02 Å². The molecule has 0 aromatic heterocycles. The van der Waals surface area contributed by atoms with Crippen molar-refractivity contribution in [2.24, 2.45) is 17.8 Å². The highest BCUT2D eigenvalue weighted by Gasteiger charge is 2.45. The number of rotatable bonds is 4. The molecular formula is C20H24ClF2N3O2. The molecule has 3 fully saturated rings. The molecule has 3 amide bonds.